The van der Waals surface area contributed by atoms with Crippen LogP contribution in [0.2, 0.25) is 5.02 Å². The lowest BCUT2D eigenvalue weighted by atomic mass is 10.0. The first kappa shape index (κ1) is 24.2. The summed E-state index contributed by atoms with van der Waals surface area (Å²) in [6, 6.07) is 16.0. The van der Waals surface area contributed by atoms with E-state index in [0.717, 1.165) is 51.1 Å². The molecule has 0 radical (unpaired) electrons. The molecule has 7 heteroatoms. The van der Waals surface area contributed by atoms with Crippen molar-refractivity contribution in [1.29, 1.82) is 0 Å². The summed E-state index contributed by atoms with van der Waals surface area (Å²) in [5.41, 5.74) is 1.29. The molecule has 172 valence electrons. The first-order chi connectivity index (χ1) is 15.5. The zero-order chi connectivity index (χ0) is 22.8. The molecule has 0 aliphatic carbocycles. The molecule has 2 aromatic carbocycles. The summed E-state index contributed by atoms with van der Waals surface area (Å²) >= 11 is 6.17. The summed E-state index contributed by atoms with van der Waals surface area (Å²) in [7, 11) is 2.16. The van der Waals surface area contributed by atoms with Crippen molar-refractivity contribution in [3.05, 3.63) is 70.7 Å². The molecule has 2 N–H and O–H groups in total. The predicted molar refractivity (Wildman–Crippen MR) is 129 cm³/mol. The Balaban J connectivity index is 1.47. The summed E-state index contributed by atoms with van der Waals surface area (Å²) in [6.07, 6.45) is 2.19. The second-order valence-corrected chi connectivity index (χ2v) is 8.73. The highest BCUT2D eigenvalue weighted by Crippen LogP contribution is 2.20. The van der Waals surface area contributed by atoms with Crippen molar-refractivity contribution in [2.75, 3.05) is 46.3 Å². The highest BCUT2D eigenvalue weighted by molar-refractivity contribution is 6.33. The molecule has 3 rings (SSSR count). The summed E-state index contributed by atoms with van der Waals surface area (Å²) in [5.74, 6) is -0.359. The molecule has 1 heterocycles. The van der Waals surface area contributed by atoms with Crippen LogP contribution in [-0.4, -0.2) is 67.9 Å². The van der Waals surface area contributed by atoms with Crippen LogP contribution in [0.25, 0.3) is 0 Å². The van der Waals surface area contributed by atoms with E-state index in [-0.39, 0.29) is 18.2 Å². The predicted octanol–water partition coefficient (Wildman–Crippen LogP) is 3.35. The standard InChI is InChI=1S/C25H33ClN4O2/c1-29-15-17-30(18-16-29)14-8-7-13-27-24(31)19-23(20-9-3-2-4-10-20)28-25(32)21-11-5-6-12-22(21)26/h2-6,9-12,23H,7-8,13-19H2,1H3,(H,27,31)(H,28,32). The van der Waals surface area contributed by atoms with Crippen LogP contribution in [0.5, 0.6) is 0 Å². The zero-order valence-corrected chi connectivity index (χ0v) is 19.5. The number of benzene rings is 2. The molecule has 1 aliphatic heterocycles. The fraction of sp³-hybridized carbons (Fsp3) is 0.440. The van der Waals surface area contributed by atoms with Gasteiger partial charge in [0.15, 0.2) is 0 Å². The maximum atomic E-state index is 12.8. The number of nitrogens with one attached hydrogen (secondary N) is 2. The lowest BCUT2D eigenvalue weighted by molar-refractivity contribution is -0.121. The number of unbranched alkanes of at least 4 members (excludes halogenated alkanes) is 1. The number of amides is 2. The van der Waals surface area contributed by atoms with Crippen molar-refractivity contribution in [2.24, 2.45) is 0 Å². The van der Waals surface area contributed by atoms with Crippen LogP contribution in [0.4, 0.5) is 0 Å². The molecular weight excluding hydrogens is 424 g/mol. The Kier molecular flexibility index (Phi) is 9.53. The zero-order valence-electron chi connectivity index (χ0n) is 18.7. The Labute approximate surface area is 195 Å². The minimum absolute atomic E-state index is 0.0714. The van der Waals surface area contributed by atoms with Crippen LogP contribution in [0, 0.1) is 0 Å². The molecule has 32 heavy (non-hydrogen) atoms. The van der Waals surface area contributed by atoms with Gasteiger partial charge in [0.1, 0.15) is 0 Å². The van der Waals surface area contributed by atoms with Gasteiger partial charge in [0.25, 0.3) is 5.91 Å². The maximum absolute atomic E-state index is 12.8. The van der Waals surface area contributed by atoms with Crippen LogP contribution in [0.3, 0.4) is 0 Å². The lowest BCUT2D eigenvalue weighted by Crippen LogP contribution is -2.44. The molecule has 0 bridgehead atoms. The number of likely N-dealkylation sites (N-methyl/N-ethyl adjacent to an activating group) is 1. The number of carbonyl (C=O) groups is 2. The topological polar surface area (TPSA) is 64.7 Å². The minimum Gasteiger partial charge on any atom is -0.356 e. The van der Waals surface area contributed by atoms with Gasteiger partial charge in [0, 0.05) is 32.7 Å². The average Bonchev–Trinajstić information content (AvgIpc) is 2.80. The molecule has 0 saturated carbocycles. The third-order valence-corrected chi connectivity index (χ3v) is 6.16. The Morgan fingerprint density at radius 1 is 0.969 bits per heavy atom. The molecule has 1 unspecified atom stereocenters. The number of nitrogens with zero attached hydrogens (tertiary/aromatic N) is 2. The molecule has 2 amide bonds. The molecule has 1 aliphatic rings. The lowest BCUT2D eigenvalue weighted by Gasteiger charge is -2.32. The van der Waals surface area contributed by atoms with E-state index in [9.17, 15) is 9.59 Å². The minimum atomic E-state index is -0.426. The summed E-state index contributed by atoms with van der Waals surface area (Å²) < 4.78 is 0. The van der Waals surface area contributed by atoms with E-state index in [1.165, 1.54) is 0 Å². The van der Waals surface area contributed by atoms with E-state index in [2.05, 4.69) is 27.5 Å². The van der Waals surface area contributed by atoms with E-state index in [1.54, 1.807) is 24.3 Å². The number of hydrogen-bond acceptors (Lipinski definition) is 4. The number of rotatable bonds is 10. The largest absolute Gasteiger partial charge is 0.356 e. The van der Waals surface area contributed by atoms with Gasteiger partial charge in [-0.3, -0.25) is 9.59 Å². The Morgan fingerprint density at radius 2 is 1.66 bits per heavy atom. The van der Waals surface area contributed by atoms with Gasteiger partial charge >= 0.3 is 0 Å². The number of hydrogen-bond donors (Lipinski definition) is 2. The van der Waals surface area contributed by atoms with Gasteiger partial charge < -0.3 is 20.4 Å². The van der Waals surface area contributed by atoms with Gasteiger partial charge in [0.05, 0.1) is 23.0 Å². The third-order valence-electron chi connectivity index (χ3n) is 5.83. The van der Waals surface area contributed by atoms with Gasteiger partial charge in [0.2, 0.25) is 5.91 Å². The van der Waals surface area contributed by atoms with Gasteiger partial charge in [-0.2, -0.15) is 0 Å². The Hall–Kier alpha value is -2.41. The molecular formula is C25H33ClN4O2. The van der Waals surface area contributed by atoms with Gasteiger partial charge in [-0.05, 0) is 44.1 Å². The third kappa shape index (κ3) is 7.62. The van der Waals surface area contributed by atoms with E-state index < -0.39 is 6.04 Å². The number of piperazine rings is 1. The fourth-order valence-corrected chi connectivity index (χ4v) is 4.06. The normalized spacial score (nSPS) is 15.8. The van der Waals surface area contributed by atoms with Crippen molar-refractivity contribution >= 4 is 23.4 Å². The molecule has 2 aromatic rings. The SMILES string of the molecule is CN1CCN(CCCCNC(=O)CC(NC(=O)c2ccccc2Cl)c2ccccc2)CC1. The van der Waals surface area contributed by atoms with E-state index in [4.69, 9.17) is 11.6 Å². The van der Waals surface area contributed by atoms with Crippen molar-refractivity contribution in [2.45, 2.75) is 25.3 Å². The van der Waals surface area contributed by atoms with Crippen molar-refractivity contribution < 1.29 is 9.59 Å². The highest BCUT2D eigenvalue weighted by atomic mass is 35.5. The van der Waals surface area contributed by atoms with Crippen molar-refractivity contribution in [3.63, 3.8) is 0 Å². The fourth-order valence-electron chi connectivity index (χ4n) is 3.84. The molecule has 0 spiro atoms. The van der Waals surface area contributed by atoms with Crippen LogP contribution >= 0.6 is 11.6 Å². The Bertz CT molecular complexity index is 869. The average molecular weight is 457 g/mol. The summed E-state index contributed by atoms with van der Waals surface area (Å²) in [4.78, 5) is 30.2. The quantitative estimate of drug-likeness (QED) is 0.538. The van der Waals surface area contributed by atoms with Gasteiger partial charge in [-0.15, -0.1) is 0 Å². The van der Waals surface area contributed by atoms with E-state index in [0.29, 0.717) is 17.1 Å². The van der Waals surface area contributed by atoms with Crippen LogP contribution in [0.15, 0.2) is 54.6 Å². The monoisotopic (exact) mass is 456 g/mol. The first-order valence-electron chi connectivity index (χ1n) is 11.3. The highest BCUT2D eigenvalue weighted by Gasteiger charge is 2.20. The summed E-state index contributed by atoms with van der Waals surface area (Å²) in [6.45, 7) is 6.20. The second-order valence-electron chi connectivity index (χ2n) is 8.32. The number of carbonyl (C=O) groups excluding carboxylic acids is 2. The maximum Gasteiger partial charge on any atom is 0.253 e. The molecule has 1 saturated heterocycles. The molecule has 0 aromatic heterocycles. The van der Waals surface area contributed by atoms with E-state index >= 15 is 0 Å². The van der Waals surface area contributed by atoms with E-state index in [1.807, 2.05) is 30.3 Å². The van der Waals surface area contributed by atoms with Crippen molar-refractivity contribution in [3.8, 4) is 0 Å². The number of halogens is 1. The van der Waals surface area contributed by atoms with Crippen molar-refractivity contribution in [1.82, 2.24) is 20.4 Å². The van der Waals surface area contributed by atoms with Crippen LogP contribution < -0.4 is 10.6 Å². The molecule has 1 fully saturated rings. The van der Waals surface area contributed by atoms with Gasteiger partial charge in [-0.1, -0.05) is 54.1 Å². The van der Waals surface area contributed by atoms with Crippen LogP contribution in [-0.2, 0) is 4.79 Å². The van der Waals surface area contributed by atoms with Gasteiger partial charge in [-0.25, -0.2) is 0 Å². The molecule has 1 atom stereocenters. The summed E-state index contributed by atoms with van der Waals surface area (Å²) in [5, 5.41) is 6.37. The molecule has 6 nitrogen and oxygen atoms in total. The Morgan fingerprint density at radius 3 is 2.38 bits per heavy atom. The first-order valence-corrected chi connectivity index (χ1v) is 11.7. The smallest absolute Gasteiger partial charge is 0.253 e. The van der Waals surface area contributed by atoms with Crippen LogP contribution in [0.1, 0.15) is 41.2 Å². The second kappa shape index (κ2) is 12.6.